The van der Waals surface area contributed by atoms with E-state index >= 15 is 0 Å². The Labute approximate surface area is 206 Å². The van der Waals surface area contributed by atoms with Gasteiger partial charge in [-0.15, -0.1) is 0 Å². The van der Waals surface area contributed by atoms with Crippen molar-refractivity contribution in [3.63, 3.8) is 0 Å². The lowest BCUT2D eigenvalue weighted by Crippen LogP contribution is -2.08. The van der Waals surface area contributed by atoms with Crippen LogP contribution in [0.3, 0.4) is 0 Å². The Hall–Kier alpha value is -5.11. The van der Waals surface area contributed by atoms with E-state index in [1.165, 1.54) is 6.33 Å². The number of hydrogen-bond acceptors (Lipinski definition) is 5. The lowest BCUT2D eigenvalue weighted by atomic mass is 10.1. The van der Waals surface area contributed by atoms with Gasteiger partial charge in [-0.1, -0.05) is 60.7 Å². The first-order chi connectivity index (χ1) is 17.8. The molecule has 4 aromatic heterocycles. The van der Waals surface area contributed by atoms with Gasteiger partial charge < -0.3 is 0 Å². The van der Waals surface area contributed by atoms with Gasteiger partial charge in [0.15, 0.2) is 5.82 Å². The van der Waals surface area contributed by atoms with E-state index in [0.717, 1.165) is 50.7 Å². The van der Waals surface area contributed by atoms with Crippen LogP contribution in [0, 0.1) is 6.92 Å². The summed E-state index contributed by atoms with van der Waals surface area (Å²) in [7, 11) is 0. The van der Waals surface area contributed by atoms with Gasteiger partial charge in [-0.3, -0.25) is 4.40 Å². The molecule has 0 aliphatic rings. The number of benzene rings is 3. The molecule has 0 aliphatic heterocycles. The third-order valence-electron chi connectivity index (χ3n) is 6.28. The first kappa shape index (κ1) is 20.3. The van der Waals surface area contributed by atoms with E-state index in [4.69, 9.17) is 15.1 Å². The van der Waals surface area contributed by atoms with Crippen molar-refractivity contribution < 1.29 is 0 Å². The molecule has 0 fully saturated rings. The van der Waals surface area contributed by atoms with E-state index in [9.17, 15) is 0 Å². The first-order valence-corrected chi connectivity index (χ1v) is 11.6. The predicted molar refractivity (Wildman–Crippen MR) is 138 cm³/mol. The van der Waals surface area contributed by atoms with Crippen LogP contribution in [0.1, 0.15) is 5.69 Å². The maximum atomic E-state index is 4.96. The summed E-state index contributed by atoms with van der Waals surface area (Å²) in [5.41, 5.74) is 7.36. The highest BCUT2D eigenvalue weighted by Crippen LogP contribution is 2.35. The van der Waals surface area contributed by atoms with Crippen molar-refractivity contribution in [2.45, 2.75) is 6.92 Å². The SMILES string of the molecule is Cc1nn(-c2ccccc2)c(-n2cncn2)c1-c1cc(-c2ccccc2)nc2nc3ccccc3n12. The summed E-state index contributed by atoms with van der Waals surface area (Å²) in [5, 5.41) is 9.45. The Bertz CT molecular complexity index is 1830. The van der Waals surface area contributed by atoms with Crippen LogP contribution < -0.4 is 0 Å². The van der Waals surface area contributed by atoms with Crippen LogP contribution in [0.15, 0.2) is 104 Å². The van der Waals surface area contributed by atoms with Gasteiger partial charge >= 0.3 is 0 Å². The Kier molecular flexibility index (Phi) is 4.50. The fourth-order valence-electron chi connectivity index (χ4n) is 4.69. The number of rotatable bonds is 4. The summed E-state index contributed by atoms with van der Waals surface area (Å²) in [6, 6.07) is 30.4. The van der Waals surface area contributed by atoms with Crippen LogP contribution in [0.4, 0.5) is 0 Å². The zero-order valence-electron chi connectivity index (χ0n) is 19.4. The smallest absolute Gasteiger partial charge is 0.235 e. The van der Waals surface area contributed by atoms with Gasteiger partial charge in [0, 0.05) is 5.56 Å². The van der Waals surface area contributed by atoms with Gasteiger partial charge in [0.1, 0.15) is 12.7 Å². The normalized spacial score (nSPS) is 11.5. The van der Waals surface area contributed by atoms with Crippen molar-refractivity contribution in [1.82, 2.24) is 38.9 Å². The second kappa shape index (κ2) is 7.99. The molecule has 0 unspecified atom stereocenters. The number of imidazole rings is 1. The summed E-state index contributed by atoms with van der Waals surface area (Å²) >= 11 is 0. The topological polar surface area (TPSA) is 78.7 Å². The fraction of sp³-hybridized carbons (Fsp3) is 0.0357. The molecule has 0 saturated heterocycles. The van der Waals surface area contributed by atoms with Crippen molar-refractivity contribution >= 4 is 16.8 Å². The Morgan fingerprint density at radius 2 is 1.53 bits per heavy atom. The minimum Gasteiger partial charge on any atom is -0.276 e. The lowest BCUT2D eigenvalue weighted by Gasteiger charge is -2.13. The molecule has 0 radical (unpaired) electrons. The number of nitrogens with zero attached hydrogens (tertiary/aromatic N) is 8. The van der Waals surface area contributed by atoms with Crippen LogP contribution >= 0.6 is 0 Å². The molecule has 0 atom stereocenters. The van der Waals surface area contributed by atoms with E-state index < -0.39 is 0 Å². The van der Waals surface area contributed by atoms with Crippen LogP contribution in [0.2, 0.25) is 0 Å². The van der Waals surface area contributed by atoms with E-state index in [2.05, 4.69) is 38.7 Å². The molecular formula is C28H20N8. The quantitative estimate of drug-likeness (QED) is 0.351. The monoisotopic (exact) mass is 468 g/mol. The van der Waals surface area contributed by atoms with Gasteiger partial charge in [-0.2, -0.15) is 10.2 Å². The second-order valence-electron chi connectivity index (χ2n) is 8.50. The zero-order valence-corrected chi connectivity index (χ0v) is 19.4. The van der Waals surface area contributed by atoms with Crippen molar-refractivity contribution in [2.75, 3.05) is 0 Å². The molecule has 4 heterocycles. The molecule has 7 rings (SSSR count). The highest BCUT2D eigenvalue weighted by Gasteiger charge is 2.24. The number of aryl methyl sites for hydroxylation is 1. The number of fused-ring (bicyclic) bond motifs is 3. The number of aromatic nitrogens is 8. The van der Waals surface area contributed by atoms with E-state index in [0.29, 0.717) is 5.78 Å². The third kappa shape index (κ3) is 3.12. The fourth-order valence-corrected chi connectivity index (χ4v) is 4.69. The second-order valence-corrected chi connectivity index (χ2v) is 8.50. The molecule has 36 heavy (non-hydrogen) atoms. The maximum absolute atomic E-state index is 4.96. The molecule has 3 aromatic carbocycles. The highest BCUT2D eigenvalue weighted by molar-refractivity contribution is 5.86. The van der Waals surface area contributed by atoms with E-state index in [-0.39, 0.29) is 0 Å². The number of hydrogen-bond donors (Lipinski definition) is 0. The molecule has 0 bridgehead atoms. The van der Waals surface area contributed by atoms with Crippen LogP contribution in [-0.4, -0.2) is 38.9 Å². The molecule has 172 valence electrons. The molecular weight excluding hydrogens is 448 g/mol. The average Bonchev–Trinajstić information content (AvgIpc) is 3.66. The number of para-hydroxylation sites is 3. The van der Waals surface area contributed by atoms with E-state index in [1.54, 1.807) is 11.0 Å². The predicted octanol–water partition coefficient (Wildman–Crippen LogP) is 5.29. The summed E-state index contributed by atoms with van der Waals surface area (Å²) in [6.45, 7) is 2.02. The summed E-state index contributed by atoms with van der Waals surface area (Å²) in [6.07, 6.45) is 3.23. The van der Waals surface area contributed by atoms with Gasteiger partial charge in [0.2, 0.25) is 5.78 Å². The largest absolute Gasteiger partial charge is 0.276 e. The molecule has 8 nitrogen and oxygen atoms in total. The Morgan fingerprint density at radius 3 is 2.31 bits per heavy atom. The molecule has 0 spiro atoms. The molecule has 0 amide bonds. The van der Waals surface area contributed by atoms with Crippen LogP contribution in [-0.2, 0) is 0 Å². The van der Waals surface area contributed by atoms with Gasteiger partial charge in [0.05, 0.1) is 39.4 Å². The third-order valence-corrected chi connectivity index (χ3v) is 6.28. The standard InChI is InChI=1S/C28H20N8/c1-19-26(27(34-18-29-17-30-34)36(33-19)21-12-6-3-7-13-21)25-16-23(20-10-4-2-5-11-20)32-28-31-22-14-8-9-15-24(22)35(25)28/h2-18H,1H3. The average molecular weight is 469 g/mol. The van der Waals surface area contributed by atoms with Crippen molar-refractivity contribution in [1.29, 1.82) is 0 Å². The minimum atomic E-state index is 0.629. The highest BCUT2D eigenvalue weighted by atomic mass is 15.4. The van der Waals surface area contributed by atoms with Crippen LogP contribution in [0.5, 0.6) is 0 Å². The molecule has 0 aliphatic carbocycles. The van der Waals surface area contributed by atoms with Crippen molar-refractivity contribution in [2.24, 2.45) is 0 Å². The molecule has 0 N–H and O–H groups in total. The molecule has 8 heteroatoms. The minimum absolute atomic E-state index is 0.629. The molecule has 7 aromatic rings. The Morgan fingerprint density at radius 1 is 0.778 bits per heavy atom. The molecule has 0 saturated carbocycles. The lowest BCUT2D eigenvalue weighted by molar-refractivity contribution is 0.760. The summed E-state index contributed by atoms with van der Waals surface area (Å²) in [5.74, 6) is 1.42. The van der Waals surface area contributed by atoms with E-state index in [1.807, 2.05) is 78.3 Å². The van der Waals surface area contributed by atoms with Crippen molar-refractivity contribution in [3.8, 4) is 34.0 Å². The maximum Gasteiger partial charge on any atom is 0.235 e. The van der Waals surface area contributed by atoms with Gasteiger partial charge in [-0.05, 0) is 37.3 Å². The summed E-state index contributed by atoms with van der Waals surface area (Å²) < 4.78 is 5.77. The van der Waals surface area contributed by atoms with Crippen molar-refractivity contribution in [3.05, 3.63) is 109 Å². The first-order valence-electron chi connectivity index (χ1n) is 11.6. The summed E-state index contributed by atoms with van der Waals surface area (Å²) in [4.78, 5) is 14.0. The Balaban J connectivity index is 1.62. The van der Waals surface area contributed by atoms with Gasteiger partial charge in [0.25, 0.3) is 0 Å². The van der Waals surface area contributed by atoms with Crippen LogP contribution in [0.25, 0.3) is 50.8 Å². The zero-order chi connectivity index (χ0) is 24.1. The van der Waals surface area contributed by atoms with Gasteiger partial charge in [-0.25, -0.2) is 24.3 Å².